The second-order valence-electron chi connectivity index (χ2n) is 3.94. The lowest BCUT2D eigenvalue weighted by Gasteiger charge is -2.14. The van der Waals surface area contributed by atoms with E-state index in [2.05, 4.69) is 5.32 Å². The van der Waals surface area contributed by atoms with Crippen LogP contribution in [0.4, 0.5) is 0 Å². The summed E-state index contributed by atoms with van der Waals surface area (Å²) in [5, 5.41) is 2.73. The van der Waals surface area contributed by atoms with E-state index in [1.54, 1.807) is 6.92 Å². The summed E-state index contributed by atoms with van der Waals surface area (Å²) in [6.45, 7) is 4.54. The molecule has 0 fully saturated rings. The van der Waals surface area contributed by atoms with Crippen molar-refractivity contribution in [3.63, 3.8) is 0 Å². The van der Waals surface area contributed by atoms with Crippen molar-refractivity contribution in [2.75, 3.05) is 13.2 Å². The highest BCUT2D eigenvalue weighted by molar-refractivity contribution is 7.80. The highest BCUT2D eigenvalue weighted by Gasteiger charge is 2.19. The number of ether oxygens (including phenoxy) is 1. The SMILES string of the molecule is CCCC(C(=O)NCCCC(=O)OCC)C(N)=S. The molecule has 0 rings (SSSR count). The molecule has 0 radical (unpaired) electrons. The molecule has 6 heteroatoms. The lowest BCUT2D eigenvalue weighted by molar-refractivity contribution is -0.143. The summed E-state index contributed by atoms with van der Waals surface area (Å²) in [6.07, 6.45) is 2.36. The summed E-state index contributed by atoms with van der Waals surface area (Å²) in [5.41, 5.74) is 5.51. The van der Waals surface area contributed by atoms with E-state index in [0.717, 1.165) is 6.42 Å². The molecule has 0 aliphatic heterocycles. The zero-order valence-corrected chi connectivity index (χ0v) is 11.8. The monoisotopic (exact) mass is 274 g/mol. The Hall–Kier alpha value is -1.17. The first-order valence-corrected chi connectivity index (χ1v) is 6.66. The van der Waals surface area contributed by atoms with Crippen LogP contribution in [0.25, 0.3) is 0 Å². The molecule has 5 nitrogen and oxygen atoms in total. The van der Waals surface area contributed by atoms with Gasteiger partial charge in [0.15, 0.2) is 0 Å². The molecule has 1 amide bonds. The topological polar surface area (TPSA) is 81.4 Å². The molecule has 0 saturated heterocycles. The molecule has 0 saturated carbocycles. The van der Waals surface area contributed by atoms with Gasteiger partial charge in [0.25, 0.3) is 0 Å². The molecule has 0 aromatic rings. The Morgan fingerprint density at radius 3 is 2.56 bits per heavy atom. The number of rotatable bonds is 9. The molecule has 1 atom stereocenters. The zero-order chi connectivity index (χ0) is 14.0. The summed E-state index contributed by atoms with van der Waals surface area (Å²) in [6, 6.07) is 0. The normalized spacial score (nSPS) is 11.7. The number of amides is 1. The van der Waals surface area contributed by atoms with Crippen molar-refractivity contribution in [3.8, 4) is 0 Å². The van der Waals surface area contributed by atoms with Crippen LogP contribution in [0, 0.1) is 5.92 Å². The van der Waals surface area contributed by atoms with Crippen molar-refractivity contribution in [2.24, 2.45) is 11.7 Å². The van der Waals surface area contributed by atoms with Gasteiger partial charge in [0, 0.05) is 13.0 Å². The third kappa shape index (κ3) is 7.21. The van der Waals surface area contributed by atoms with Crippen LogP contribution in [-0.4, -0.2) is 30.0 Å². The van der Waals surface area contributed by atoms with Gasteiger partial charge < -0.3 is 15.8 Å². The second kappa shape index (κ2) is 9.82. The maximum absolute atomic E-state index is 11.8. The predicted molar refractivity (Wildman–Crippen MR) is 74.1 cm³/mol. The Kier molecular flexibility index (Phi) is 9.18. The number of esters is 1. The van der Waals surface area contributed by atoms with E-state index in [4.69, 9.17) is 22.7 Å². The third-order valence-corrected chi connectivity index (χ3v) is 2.68. The summed E-state index contributed by atoms with van der Waals surface area (Å²) < 4.78 is 4.78. The molecule has 0 heterocycles. The van der Waals surface area contributed by atoms with Crippen LogP contribution in [0.2, 0.25) is 0 Å². The van der Waals surface area contributed by atoms with Crippen LogP contribution in [0.3, 0.4) is 0 Å². The zero-order valence-electron chi connectivity index (χ0n) is 11.0. The first-order valence-electron chi connectivity index (χ1n) is 6.25. The number of carbonyl (C=O) groups excluding carboxylic acids is 2. The fourth-order valence-electron chi connectivity index (χ4n) is 1.49. The van der Waals surface area contributed by atoms with E-state index in [9.17, 15) is 9.59 Å². The van der Waals surface area contributed by atoms with Gasteiger partial charge in [-0.05, 0) is 19.8 Å². The van der Waals surface area contributed by atoms with Gasteiger partial charge in [0.05, 0.1) is 17.5 Å². The Bertz CT molecular complexity index is 295. The fourth-order valence-corrected chi connectivity index (χ4v) is 1.72. The maximum Gasteiger partial charge on any atom is 0.305 e. The average Bonchev–Trinajstić information content (AvgIpc) is 2.31. The molecular formula is C12H22N2O3S. The van der Waals surface area contributed by atoms with Crippen LogP contribution in [-0.2, 0) is 14.3 Å². The largest absolute Gasteiger partial charge is 0.466 e. The van der Waals surface area contributed by atoms with E-state index in [0.29, 0.717) is 32.4 Å². The maximum atomic E-state index is 11.8. The summed E-state index contributed by atoms with van der Waals surface area (Å²) in [7, 11) is 0. The molecule has 0 aliphatic rings. The fraction of sp³-hybridized carbons (Fsp3) is 0.750. The van der Waals surface area contributed by atoms with Crippen molar-refractivity contribution >= 4 is 29.1 Å². The van der Waals surface area contributed by atoms with Gasteiger partial charge in [0.2, 0.25) is 5.91 Å². The molecule has 0 bridgehead atoms. The summed E-state index contributed by atoms with van der Waals surface area (Å²) in [5.74, 6) is -0.813. The minimum absolute atomic E-state index is 0.159. The molecule has 0 aromatic heterocycles. The summed E-state index contributed by atoms with van der Waals surface area (Å²) >= 11 is 4.86. The van der Waals surface area contributed by atoms with E-state index >= 15 is 0 Å². The van der Waals surface area contributed by atoms with Gasteiger partial charge in [-0.25, -0.2) is 0 Å². The Labute approximate surface area is 113 Å². The first-order chi connectivity index (χ1) is 8.52. The Morgan fingerprint density at radius 1 is 1.39 bits per heavy atom. The van der Waals surface area contributed by atoms with Crippen molar-refractivity contribution in [1.82, 2.24) is 5.32 Å². The van der Waals surface area contributed by atoms with Crippen LogP contribution in [0.5, 0.6) is 0 Å². The minimum Gasteiger partial charge on any atom is -0.466 e. The highest BCUT2D eigenvalue weighted by atomic mass is 32.1. The molecule has 1 unspecified atom stereocenters. The smallest absolute Gasteiger partial charge is 0.305 e. The summed E-state index contributed by atoms with van der Waals surface area (Å²) in [4.78, 5) is 23.0. The predicted octanol–water partition coefficient (Wildman–Crippen LogP) is 1.15. The average molecular weight is 274 g/mol. The molecule has 0 spiro atoms. The second-order valence-corrected chi connectivity index (χ2v) is 4.41. The van der Waals surface area contributed by atoms with Crippen LogP contribution >= 0.6 is 12.2 Å². The number of nitrogens with one attached hydrogen (secondary N) is 1. The van der Waals surface area contributed by atoms with Gasteiger partial charge in [0.1, 0.15) is 0 Å². The number of hydrogen-bond donors (Lipinski definition) is 2. The van der Waals surface area contributed by atoms with Crippen molar-refractivity contribution < 1.29 is 14.3 Å². The quantitative estimate of drug-likeness (QED) is 0.374. The minimum atomic E-state index is -0.410. The van der Waals surface area contributed by atoms with Gasteiger partial charge in [-0.3, -0.25) is 9.59 Å². The molecule has 3 N–H and O–H groups in total. The van der Waals surface area contributed by atoms with E-state index in [1.807, 2.05) is 6.92 Å². The number of thiocarbonyl (C=S) groups is 1. The Morgan fingerprint density at radius 2 is 2.06 bits per heavy atom. The highest BCUT2D eigenvalue weighted by Crippen LogP contribution is 2.07. The molecule has 0 aromatic carbocycles. The van der Waals surface area contributed by atoms with E-state index < -0.39 is 5.92 Å². The van der Waals surface area contributed by atoms with E-state index in [-0.39, 0.29) is 16.9 Å². The number of carbonyl (C=O) groups is 2. The van der Waals surface area contributed by atoms with Crippen molar-refractivity contribution in [1.29, 1.82) is 0 Å². The van der Waals surface area contributed by atoms with Gasteiger partial charge in [-0.2, -0.15) is 0 Å². The van der Waals surface area contributed by atoms with Crippen molar-refractivity contribution in [3.05, 3.63) is 0 Å². The number of nitrogens with two attached hydrogens (primary N) is 1. The first kappa shape index (κ1) is 16.8. The Balaban J connectivity index is 3.87. The van der Waals surface area contributed by atoms with Gasteiger partial charge in [-0.15, -0.1) is 0 Å². The van der Waals surface area contributed by atoms with Gasteiger partial charge >= 0.3 is 5.97 Å². The molecule has 0 aliphatic carbocycles. The lowest BCUT2D eigenvalue weighted by atomic mass is 10.0. The lowest BCUT2D eigenvalue weighted by Crippen LogP contribution is -2.38. The standard InChI is InChI=1S/C12H22N2O3S/c1-3-6-9(11(13)18)12(16)14-8-5-7-10(15)17-4-2/h9H,3-8H2,1-2H3,(H2,13,18)(H,14,16). The molecular weight excluding hydrogens is 252 g/mol. The molecule has 104 valence electrons. The number of hydrogen-bond acceptors (Lipinski definition) is 4. The van der Waals surface area contributed by atoms with Crippen LogP contribution in [0.15, 0.2) is 0 Å². The van der Waals surface area contributed by atoms with E-state index in [1.165, 1.54) is 0 Å². The third-order valence-electron chi connectivity index (χ3n) is 2.40. The van der Waals surface area contributed by atoms with Crippen LogP contribution < -0.4 is 11.1 Å². The van der Waals surface area contributed by atoms with Gasteiger partial charge in [-0.1, -0.05) is 25.6 Å². The molecule has 18 heavy (non-hydrogen) atoms. The van der Waals surface area contributed by atoms with Crippen LogP contribution in [0.1, 0.15) is 39.5 Å². The van der Waals surface area contributed by atoms with Crippen molar-refractivity contribution in [2.45, 2.75) is 39.5 Å².